The van der Waals surface area contributed by atoms with Crippen LogP contribution in [0.2, 0.25) is 0 Å². The molecule has 0 unspecified atom stereocenters. The van der Waals surface area contributed by atoms with Crippen LogP contribution in [0.1, 0.15) is 0 Å². The van der Waals surface area contributed by atoms with Crippen molar-refractivity contribution in [2.75, 3.05) is 0 Å². The molecule has 0 amide bonds. The van der Waals surface area contributed by atoms with Crippen molar-refractivity contribution in [1.29, 1.82) is 0 Å². The van der Waals surface area contributed by atoms with Gasteiger partial charge in [0, 0.05) is 131 Å². The zero-order valence-corrected chi connectivity index (χ0v) is 11.1. The molecular weight excluding hydrogens is 453 g/mol. The molecule has 5 heteroatoms. The summed E-state index contributed by atoms with van der Waals surface area (Å²) >= 11 is 0. The molecule has 0 nitrogen and oxygen atoms in total. The molecule has 0 aliphatic heterocycles. The van der Waals surface area contributed by atoms with Crippen molar-refractivity contribution in [2.45, 2.75) is 0 Å². The Balaban J connectivity index is 0. The molecule has 0 heterocycles. The fourth-order valence-corrected chi connectivity index (χ4v) is 0. The Hall–Kier alpha value is 4.39. The summed E-state index contributed by atoms with van der Waals surface area (Å²) in [6.45, 7) is 0. The van der Waals surface area contributed by atoms with Gasteiger partial charge in [-0.25, -0.2) is 0 Å². The van der Waals surface area contributed by atoms with Gasteiger partial charge in [0.1, 0.15) is 0 Å². The van der Waals surface area contributed by atoms with E-state index in [0.29, 0.717) is 0 Å². The average Bonchev–Trinajstić information content (AvgIpc) is 0. The van der Waals surface area contributed by atoms with Crippen LogP contribution >= 0.6 is 0 Å². The van der Waals surface area contributed by atoms with Crippen LogP contribution in [0.4, 0.5) is 0 Å². The van der Waals surface area contributed by atoms with Gasteiger partial charge in [-0.1, -0.05) is 0 Å². The quantitative estimate of drug-likeness (QED) is 0.403. The first-order chi connectivity index (χ1) is 0. The molecule has 0 atom stereocenters. The standard InChI is InChI=1S/BH3.Ce.Fe.Gd.Y/h1H3;;;;. The summed E-state index contributed by atoms with van der Waals surface area (Å²) in [4.78, 5) is 0. The Kier molecular flexibility index (Phi) is 163. The van der Waals surface area contributed by atoms with E-state index in [1.165, 1.54) is 0 Å². The molecule has 0 rings (SSSR count). The van der Waals surface area contributed by atoms with Crippen LogP contribution in [-0.2, 0) is 49.8 Å². The first-order valence-electron chi connectivity index (χ1n) is 0. The molecule has 0 aliphatic rings. The summed E-state index contributed by atoms with van der Waals surface area (Å²) in [6.07, 6.45) is 0. The summed E-state index contributed by atoms with van der Waals surface area (Å²) in [5.74, 6) is 0. The maximum absolute atomic E-state index is 0. The largest absolute Gasteiger partial charge is 0.0814 e. The van der Waals surface area contributed by atoms with Gasteiger partial charge in [0.25, 0.3) is 0 Å². The van der Waals surface area contributed by atoms with Crippen LogP contribution in [0.15, 0.2) is 0 Å². The summed E-state index contributed by atoms with van der Waals surface area (Å²) in [6, 6.07) is 0. The van der Waals surface area contributed by atoms with E-state index in [0.717, 1.165) is 0 Å². The van der Waals surface area contributed by atoms with E-state index >= 15 is 0 Å². The zero-order chi connectivity index (χ0) is 0. The Morgan fingerprint density at radius 2 is 1.00 bits per heavy atom. The molecule has 0 N–H and O–H groups in total. The Bertz CT molecular complexity index is 11.6. The summed E-state index contributed by atoms with van der Waals surface area (Å²) in [5.41, 5.74) is 0. The molecule has 0 aromatic rings. The minimum atomic E-state index is 0. The van der Waals surface area contributed by atoms with Crippen LogP contribution in [0.5, 0.6) is 0 Å². The van der Waals surface area contributed by atoms with Gasteiger partial charge in [0.05, 0.1) is 8.41 Å². The maximum Gasteiger partial charge on any atom is 0.0814 e. The molecule has 0 saturated carbocycles. The minimum Gasteiger partial charge on any atom is 0 e. The topological polar surface area (TPSA) is 0 Å². The SMILES string of the molecule is B.[Ce].[Fe].[Gd].[Y]. The van der Waals surface area contributed by atoms with Crippen molar-refractivity contribution in [1.82, 2.24) is 0 Å². The van der Waals surface area contributed by atoms with Crippen molar-refractivity contribution in [2.24, 2.45) is 0 Å². The van der Waals surface area contributed by atoms with Crippen molar-refractivity contribution >= 4 is 8.41 Å². The average molecular weight is 456 g/mol. The molecule has 0 saturated heterocycles. The molecule has 0 bridgehead atoms. The van der Waals surface area contributed by atoms with Gasteiger partial charge in [-0.2, -0.15) is 0 Å². The van der Waals surface area contributed by atoms with E-state index in [-0.39, 0.29) is 140 Å². The second kappa shape index (κ2) is 23.8. The number of hydrogen-bond donors (Lipinski definition) is 0. The monoisotopic (exact) mass is 457 g/mol. The summed E-state index contributed by atoms with van der Waals surface area (Å²) < 4.78 is 0. The van der Waals surface area contributed by atoms with E-state index in [9.17, 15) is 0 Å². The van der Waals surface area contributed by atoms with Gasteiger partial charge in [-0.3, -0.25) is 0 Å². The van der Waals surface area contributed by atoms with Crippen LogP contribution in [-0.4, -0.2) is 8.41 Å². The fourth-order valence-electron chi connectivity index (χ4n) is 0. The third-order valence-electron chi connectivity index (χ3n) is 0. The Morgan fingerprint density at radius 3 is 1.00 bits per heavy atom. The van der Waals surface area contributed by atoms with Gasteiger partial charge in [0.15, 0.2) is 0 Å². The molecule has 5 heavy (non-hydrogen) atoms. The first kappa shape index (κ1) is 34.3. The van der Waals surface area contributed by atoms with E-state index < -0.39 is 0 Å². The maximum atomic E-state index is 0. The predicted molar refractivity (Wildman–Crippen MR) is 9.94 cm³/mol. The fraction of sp³-hybridized carbons (Fsp3) is 0. The molecule has 29 valence electrons. The van der Waals surface area contributed by atoms with Crippen molar-refractivity contribution in [3.63, 3.8) is 0 Å². The van der Waals surface area contributed by atoms with Crippen molar-refractivity contribution in [3.05, 3.63) is 0 Å². The van der Waals surface area contributed by atoms with Gasteiger partial charge in [0.2, 0.25) is 0 Å². The smallest absolute Gasteiger partial charge is 0 e. The molecule has 0 aromatic heterocycles. The predicted octanol–water partition coefficient (Wildman–Crippen LogP) is -1.19. The van der Waals surface area contributed by atoms with Crippen LogP contribution < -0.4 is 0 Å². The van der Waals surface area contributed by atoms with Crippen LogP contribution in [0, 0.1) is 81.7 Å². The number of rotatable bonds is 0. The van der Waals surface area contributed by atoms with Gasteiger partial charge in [-0.05, 0) is 0 Å². The zero-order valence-electron chi connectivity index (χ0n) is 1.78. The molecule has 0 spiro atoms. The molecule has 1 radical (unpaired) electrons. The minimum absolute atomic E-state index is 0. The van der Waals surface area contributed by atoms with E-state index in [1.807, 2.05) is 0 Å². The molecule has 0 fully saturated rings. The van der Waals surface area contributed by atoms with Crippen molar-refractivity contribution in [3.8, 4) is 0 Å². The summed E-state index contributed by atoms with van der Waals surface area (Å²) in [7, 11) is 0. The molecule has 0 aliphatic carbocycles. The van der Waals surface area contributed by atoms with Gasteiger partial charge in [-0.15, -0.1) is 0 Å². The van der Waals surface area contributed by atoms with Crippen molar-refractivity contribution < 1.29 is 131 Å². The second-order valence-corrected chi connectivity index (χ2v) is 0. The number of hydrogen-bond acceptors (Lipinski definition) is 0. The summed E-state index contributed by atoms with van der Waals surface area (Å²) in [5, 5.41) is 0. The Morgan fingerprint density at radius 1 is 1.00 bits per heavy atom. The molecule has 0 aromatic carbocycles. The normalized spacial score (nSPS) is 0. The third-order valence-corrected chi connectivity index (χ3v) is 0. The van der Waals surface area contributed by atoms with E-state index in [4.69, 9.17) is 0 Å². The van der Waals surface area contributed by atoms with Gasteiger partial charge >= 0.3 is 0 Å². The second-order valence-electron chi connectivity index (χ2n) is 0. The van der Waals surface area contributed by atoms with Crippen LogP contribution in [0.3, 0.4) is 0 Å². The molecular formula is H3BCeFeGdY. The Labute approximate surface area is 136 Å². The van der Waals surface area contributed by atoms with E-state index in [2.05, 4.69) is 0 Å². The van der Waals surface area contributed by atoms with Crippen LogP contribution in [0.25, 0.3) is 0 Å². The van der Waals surface area contributed by atoms with Gasteiger partial charge < -0.3 is 0 Å². The third kappa shape index (κ3) is 17.8. The van der Waals surface area contributed by atoms with E-state index in [1.54, 1.807) is 0 Å². The first-order valence-corrected chi connectivity index (χ1v) is 0.